The van der Waals surface area contributed by atoms with Crippen molar-refractivity contribution in [2.24, 2.45) is 7.05 Å². The highest BCUT2D eigenvalue weighted by Crippen LogP contribution is 2.28. The number of hydrogen-bond donors (Lipinski definition) is 3. The summed E-state index contributed by atoms with van der Waals surface area (Å²) in [6.07, 6.45) is 0.477. The van der Waals surface area contributed by atoms with Crippen molar-refractivity contribution in [2.45, 2.75) is 18.3 Å². The fraction of sp³-hybridized carbons (Fsp3) is 0.125. The van der Waals surface area contributed by atoms with Crippen LogP contribution in [0, 0.1) is 0 Å². The molecule has 1 atom stereocenters. The standard InChI is InChI=1S/C32H27N5O5S/c1-37-27-18-25(42-24-13-9-22(10-14-24)34-31(39)33-21-5-3-2-4-6-21)15-16-26(27)35-29(37)19-41-23-11-7-20(8-12-23)17-28-30(38)36-32(40)43-28/h2-16,18,28H,17,19H2,1H3,(H2,33,34,39)(H,36,38,40). The third kappa shape index (κ3) is 6.79. The van der Waals surface area contributed by atoms with Gasteiger partial charge >= 0.3 is 6.03 Å². The first-order valence-corrected chi connectivity index (χ1v) is 14.4. The zero-order valence-corrected chi connectivity index (χ0v) is 23.9. The molecule has 5 aromatic rings. The van der Waals surface area contributed by atoms with Crippen LogP contribution < -0.4 is 25.4 Å². The Morgan fingerprint density at radius 3 is 2.26 bits per heavy atom. The number of nitrogens with one attached hydrogen (secondary N) is 3. The number of nitrogens with zero attached hydrogens (tertiary/aromatic N) is 2. The van der Waals surface area contributed by atoms with E-state index in [1.54, 1.807) is 24.3 Å². The van der Waals surface area contributed by atoms with E-state index < -0.39 is 5.25 Å². The number of benzene rings is 4. The summed E-state index contributed by atoms with van der Waals surface area (Å²) in [5.41, 5.74) is 4.00. The molecule has 1 unspecified atom stereocenters. The Kier molecular flexibility index (Phi) is 7.96. The van der Waals surface area contributed by atoms with Crippen LogP contribution in [0.5, 0.6) is 17.2 Å². The topological polar surface area (TPSA) is 124 Å². The van der Waals surface area contributed by atoms with Gasteiger partial charge in [0.05, 0.1) is 16.3 Å². The zero-order valence-electron chi connectivity index (χ0n) is 23.1. The quantitative estimate of drug-likeness (QED) is 0.179. The minimum atomic E-state index is -0.400. The maximum absolute atomic E-state index is 12.2. The lowest BCUT2D eigenvalue weighted by molar-refractivity contribution is -0.118. The molecule has 4 amide bonds. The van der Waals surface area contributed by atoms with Crippen molar-refractivity contribution < 1.29 is 23.9 Å². The van der Waals surface area contributed by atoms with E-state index in [0.717, 1.165) is 34.2 Å². The van der Waals surface area contributed by atoms with E-state index >= 15 is 0 Å². The summed E-state index contributed by atoms with van der Waals surface area (Å²) >= 11 is 1.02. The first kappa shape index (κ1) is 27.9. The number of thioether (sulfide) groups is 1. The predicted octanol–water partition coefficient (Wildman–Crippen LogP) is 6.48. The minimum absolute atomic E-state index is 0.249. The van der Waals surface area contributed by atoms with Crippen LogP contribution >= 0.6 is 11.8 Å². The number of carbonyl (C=O) groups is 3. The second-order valence-corrected chi connectivity index (χ2v) is 11.0. The molecule has 1 aliphatic heterocycles. The molecular weight excluding hydrogens is 566 g/mol. The molecule has 4 aromatic carbocycles. The highest BCUT2D eigenvalue weighted by Gasteiger charge is 2.31. The zero-order chi connectivity index (χ0) is 29.8. The smallest absolute Gasteiger partial charge is 0.323 e. The molecule has 3 N–H and O–H groups in total. The van der Waals surface area contributed by atoms with Crippen molar-refractivity contribution in [2.75, 3.05) is 10.6 Å². The summed E-state index contributed by atoms with van der Waals surface area (Å²) in [5, 5.41) is 7.20. The first-order chi connectivity index (χ1) is 20.9. The van der Waals surface area contributed by atoms with Crippen molar-refractivity contribution in [1.29, 1.82) is 0 Å². The summed E-state index contributed by atoms with van der Waals surface area (Å²) in [5.74, 6) is 2.45. The van der Waals surface area contributed by atoms with Crippen LogP contribution in [0.3, 0.4) is 0 Å². The summed E-state index contributed by atoms with van der Waals surface area (Å²) in [6.45, 7) is 0.266. The molecule has 1 fully saturated rings. The molecule has 2 heterocycles. The molecule has 0 saturated carbocycles. The Bertz CT molecular complexity index is 1790. The number of aromatic nitrogens is 2. The fourth-order valence-corrected chi connectivity index (χ4v) is 5.44. The lowest BCUT2D eigenvalue weighted by Crippen LogP contribution is -2.25. The Hall–Kier alpha value is -5.29. The molecule has 43 heavy (non-hydrogen) atoms. The van der Waals surface area contributed by atoms with Crippen LogP contribution in [-0.2, 0) is 24.9 Å². The predicted molar refractivity (Wildman–Crippen MR) is 166 cm³/mol. The van der Waals surface area contributed by atoms with E-state index in [4.69, 9.17) is 14.5 Å². The number of urea groups is 1. The van der Waals surface area contributed by atoms with Gasteiger partial charge in [-0.1, -0.05) is 42.1 Å². The third-order valence-electron chi connectivity index (χ3n) is 6.80. The van der Waals surface area contributed by atoms with Gasteiger partial charge in [0.2, 0.25) is 5.91 Å². The highest BCUT2D eigenvalue weighted by molar-refractivity contribution is 8.15. The van der Waals surface area contributed by atoms with Gasteiger partial charge in [-0.05, 0) is 72.6 Å². The number of imidazole rings is 1. The van der Waals surface area contributed by atoms with E-state index in [0.29, 0.717) is 35.0 Å². The number of para-hydroxylation sites is 1. The lowest BCUT2D eigenvalue weighted by atomic mass is 10.1. The van der Waals surface area contributed by atoms with E-state index in [1.807, 2.05) is 84.4 Å². The van der Waals surface area contributed by atoms with Crippen molar-refractivity contribution in [3.8, 4) is 17.2 Å². The van der Waals surface area contributed by atoms with Crippen LogP contribution in [0.25, 0.3) is 11.0 Å². The monoisotopic (exact) mass is 593 g/mol. The molecule has 0 bridgehead atoms. The number of fused-ring (bicyclic) bond motifs is 1. The number of carbonyl (C=O) groups excluding carboxylic acids is 3. The molecule has 10 nitrogen and oxygen atoms in total. The Balaban J connectivity index is 1.04. The van der Waals surface area contributed by atoms with Crippen molar-refractivity contribution in [3.05, 3.63) is 108 Å². The van der Waals surface area contributed by atoms with Gasteiger partial charge < -0.3 is 24.7 Å². The van der Waals surface area contributed by atoms with E-state index in [1.165, 1.54) is 0 Å². The summed E-state index contributed by atoms with van der Waals surface area (Å²) in [4.78, 5) is 40.1. The molecule has 1 aromatic heterocycles. The van der Waals surface area contributed by atoms with E-state index in [2.05, 4.69) is 16.0 Å². The van der Waals surface area contributed by atoms with E-state index in [-0.39, 0.29) is 23.8 Å². The number of anilines is 2. The van der Waals surface area contributed by atoms with Gasteiger partial charge in [-0.2, -0.15) is 0 Å². The molecule has 0 spiro atoms. The van der Waals surface area contributed by atoms with Gasteiger partial charge in [0, 0.05) is 24.5 Å². The Morgan fingerprint density at radius 2 is 1.56 bits per heavy atom. The fourth-order valence-electron chi connectivity index (χ4n) is 4.58. The number of imide groups is 1. The summed E-state index contributed by atoms with van der Waals surface area (Å²) < 4.78 is 14.0. The maximum Gasteiger partial charge on any atom is 0.323 e. The number of hydrogen-bond acceptors (Lipinski definition) is 7. The molecule has 11 heteroatoms. The Labute approximate surface area is 251 Å². The molecule has 216 valence electrons. The van der Waals surface area contributed by atoms with Gasteiger partial charge in [0.25, 0.3) is 5.24 Å². The normalized spacial score (nSPS) is 14.4. The molecule has 6 rings (SSSR count). The molecule has 1 saturated heterocycles. The summed E-state index contributed by atoms with van der Waals surface area (Å²) in [6, 6.07) is 29.2. The third-order valence-corrected chi connectivity index (χ3v) is 7.79. The van der Waals surface area contributed by atoms with Crippen LogP contribution in [-0.4, -0.2) is 32.0 Å². The summed E-state index contributed by atoms with van der Waals surface area (Å²) in [7, 11) is 1.92. The average molecular weight is 594 g/mol. The van der Waals surface area contributed by atoms with Gasteiger partial charge in [0.15, 0.2) is 0 Å². The van der Waals surface area contributed by atoms with Crippen LogP contribution in [0.15, 0.2) is 97.1 Å². The lowest BCUT2D eigenvalue weighted by Gasteiger charge is -2.10. The first-order valence-electron chi connectivity index (χ1n) is 13.5. The van der Waals surface area contributed by atoms with Gasteiger partial charge in [-0.15, -0.1) is 0 Å². The minimum Gasteiger partial charge on any atom is -0.486 e. The Morgan fingerprint density at radius 1 is 0.884 bits per heavy atom. The highest BCUT2D eigenvalue weighted by atomic mass is 32.2. The van der Waals surface area contributed by atoms with Gasteiger partial charge in [-0.3, -0.25) is 14.9 Å². The van der Waals surface area contributed by atoms with Crippen LogP contribution in [0.4, 0.5) is 21.0 Å². The molecular formula is C32H27N5O5S. The van der Waals surface area contributed by atoms with Gasteiger partial charge in [0.1, 0.15) is 29.7 Å². The van der Waals surface area contributed by atoms with Crippen molar-refractivity contribution >= 4 is 51.3 Å². The van der Waals surface area contributed by atoms with Crippen molar-refractivity contribution in [3.63, 3.8) is 0 Å². The van der Waals surface area contributed by atoms with Crippen molar-refractivity contribution in [1.82, 2.24) is 14.9 Å². The maximum atomic E-state index is 12.2. The van der Waals surface area contributed by atoms with Crippen LogP contribution in [0.1, 0.15) is 11.4 Å². The average Bonchev–Trinajstić information content (AvgIpc) is 3.50. The largest absolute Gasteiger partial charge is 0.486 e. The van der Waals surface area contributed by atoms with Gasteiger partial charge in [-0.25, -0.2) is 9.78 Å². The van der Waals surface area contributed by atoms with Crippen LogP contribution in [0.2, 0.25) is 0 Å². The molecule has 1 aliphatic rings. The number of rotatable bonds is 9. The second kappa shape index (κ2) is 12.3. The number of aryl methyl sites for hydroxylation is 1. The number of ether oxygens (including phenoxy) is 2. The van der Waals surface area contributed by atoms with E-state index in [9.17, 15) is 14.4 Å². The second-order valence-electron chi connectivity index (χ2n) is 9.83. The number of amides is 4. The SMILES string of the molecule is Cn1c(COc2ccc(CC3SC(=O)NC3=O)cc2)nc2ccc(Oc3ccc(NC(=O)Nc4ccccc4)cc3)cc21. The molecule has 0 radical (unpaired) electrons. The molecule has 0 aliphatic carbocycles.